The van der Waals surface area contributed by atoms with E-state index in [4.69, 9.17) is 11.6 Å². The van der Waals surface area contributed by atoms with E-state index in [-0.39, 0.29) is 0 Å². The van der Waals surface area contributed by atoms with Crippen molar-refractivity contribution in [1.29, 1.82) is 0 Å². The predicted molar refractivity (Wildman–Crippen MR) is 72.9 cm³/mol. The lowest BCUT2D eigenvalue weighted by Crippen LogP contribution is -2.31. The Bertz CT molecular complexity index is 472. The van der Waals surface area contributed by atoms with Gasteiger partial charge in [0.25, 0.3) is 0 Å². The summed E-state index contributed by atoms with van der Waals surface area (Å²) in [5.41, 5.74) is 0. The normalized spacial score (nSPS) is 12.4. The topological polar surface area (TPSA) is 29.0 Å². The van der Waals surface area contributed by atoms with Crippen molar-refractivity contribution in [3.05, 3.63) is 39.9 Å². The van der Waals surface area contributed by atoms with Crippen molar-refractivity contribution in [2.24, 2.45) is 0 Å². The Morgan fingerprint density at radius 1 is 1.47 bits per heavy atom. The molecule has 0 N–H and O–H groups in total. The number of anilines is 1. The molecule has 0 radical (unpaired) electrons. The smallest absolute Gasteiger partial charge is 0.134 e. The van der Waals surface area contributed by atoms with Gasteiger partial charge >= 0.3 is 0 Å². The number of hydrogen-bond acceptors (Lipinski definition) is 4. The minimum absolute atomic E-state index is 0.375. The van der Waals surface area contributed by atoms with Crippen LogP contribution in [0.25, 0.3) is 0 Å². The molecule has 0 saturated heterocycles. The molecule has 90 valence electrons. The fraction of sp³-hybridized carbons (Fsp3) is 0.333. The monoisotopic (exact) mass is 267 g/mol. The van der Waals surface area contributed by atoms with Gasteiger partial charge in [0.1, 0.15) is 17.3 Å². The highest BCUT2D eigenvalue weighted by Gasteiger charge is 2.12. The average Bonchev–Trinajstić information content (AvgIpc) is 2.80. The molecule has 0 amide bonds. The fourth-order valence-corrected chi connectivity index (χ4v) is 2.57. The molecule has 0 aliphatic carbocycles. The highest BCUT2D eigenvalue weighted by molar-refractivity contribution is 7.09. The minimum atomic E-state index is 0.375. The SMILES string of the molecule is CC(Cc1cccs1)N(C)c1cc(Cl)ncn1. The van der Waals surface area contributed by atoms with Crippen LogP contribution in [-0.2, 0) is 6.42 Å². The van der Waals surface area contributed by atoms with Crippen molar-refractivity contribution in [3.63, 3.8) is 0 Å². The molecule has 2 rings (SSSR count). The molecule has 17 heavy (non-hydrogen) atoms. The Morgan fingerprint density at radius 3 is 2.94 bits per heavy atom. The van der Waals surface area contributed by atoms with Gasteiger partial charge in [-0.2, -0.15) is 0 Å². The van der Waals surface area contributed by atoms with Crippen LogP contribution in [0.4, 0.5) is 5.82 Å². The van der Waals surface area contributed by atoms with Crippen LogP contribution in [0.2, 0.25) is 5.15 Å². The van der Waals surface area contributed by atoms with Gasteiger partial charge < -0.3 is 4.90 Å². The van der Waals surface area contributed by atoms with E-state index in [1.165, 1.54) is 11.2 Å². The van der Waals surface area contributed by atoms with Crippen LogP contribution in [0.15, 0.2) is 29.9 Å². The van der Waals surface area contributed by atoms with Crippen LogP contribution in [0.3, 0.4) is 0 Å². The number of nitrogens with zero attached hydrogens (tertiary/aromatic N) is 3. The quantitative estimate of drug-likeness (QED) is 0.797. The summed E-state index contributed by atoms with van der Waals surface area (Å²) < 4.78 is 0. The number of hydrogen-bond donors (Lipinski definition) is 0. The van der Waals surface area contributed by atoms with E-state index in [0.29, 0.717) is 11.2 Å². The zero-order chi connectivity index (χ0) is 12.3. The van der Waals surface area contributed by atoms with E-state index < -0.39 is 0 Å². The summed E-state index contributed by atoms with van der Waals surface area (Å²) in [6, 6.07) is 6.39. The van der Waals surface area contributed by atoms with E-state index in [2.05, 4.69) is 39.3 Å². The molecule has 0 fully saturated rings. The largest absolute Gasteiger partial charge is 0.356 e. The number of likely N-dealkylation sites (N-methyl/N-ethyl adjacent to an activating group) is 1. The third-order valence-electron chi connectivity index (χ3n) is 2.72. The molecule has 0 aliphatic heterocycles. The van der Waals surface area contributed by atoms with Crippen LogP contribution >= 0.6 is 22.9 Å². The highest BCUT2D eigenvalue weighted by atomic mass is 35.5. The molecular formula is C12H14ClN3S. The Kier molecular flexibility index (Phi) is 3.97. The zero-order valence-corrected chi connectivity index (χ0v) is 11.4. The molecule has 0 aliphatic rings. The van der Waals surface area contributed by atoms with Crippen molar-refractivity contribution in [2.75, 3.05) is 11.9 Å². The van der Waals surface area contributed by atoms with E-state index in [1.807, 2.05) is 7.05 Å². The Labute approximate surface area is 110 Å². The Balaban J connectivity index is 2.06. The molecule has 2 heterocycles. The maximum absolute atomic E-state index is 5.86. The van der Waals surface area contributed by atoms with Crippen molar-refractivity contribution in [3.8, 4) is 0 Å². The molecule has 0 bridgehead atoms. The summed E-state index contributed by atoms with van der Waals surface area (Å²) in [6.07, 6.45) is 2.50. The molecule has 1 atom stereocenters. The molecule has 0 aromatic carbocycles. The summed E-state index contributed by atoms with van der Waals surface area (Å²) in [4.78, 5) is 11.6. The molecule has 1 unspecified atom stereocenters. The van der Waals surface area contributed by atoms with Gasteiger partial charge in [-0.05, 0) is 18.4 Å². The summed E-state index contributed by atoms with van der Waals surface area (Å²) in [6.45, 7) is 2.18. The van der Waals surface area contributed by atoms with Crippen LogP contribution in [-0.4, -0.2) is 23.1 Å². The van der Waals surface area contributed by atoms with Crippen LogP contribution in [0, 0.1) is 0 Å². The first-order valence-electron chi connectivity index (χ1n) is 5.39. The number of aromatic nitrogens is 2. The molecular weight excluding hydrogens is 254 g/mol. The lowest BCUT2D eigenvalue weighted by atomic mass is 10.2. The maximum Gasteiger partial charge on any atom is 0.134 e. The van der Waals surface area contributed by atoms with Crippen molar-refractivity contribution in [1.82, 2.24) is 9.97 Å². The molecule has 2 aromatic heterocycles. The van der Waals surface area contributed by atoms with E-state index in [1.54, 1.807) is 17.4 Å². The van der Waals surface area contributed by atoms with Gasteiger partial charge in [-0.3, -0.25) is 0 Å². The predicted octanol–water partition coefficient (Wildman–Crippen LogP) is 3.26. The van der Waals surface area contributed by atoms with Gasteiger partial charge in [-0.15, -0.1) is 11.3 Å². The van der Waals surface area contributed by atoms with Gasteiger partial charge in [-0.1, -0.05) is 17.7 Å². The summed E-state index contributed by atoms with van der Waals surface area (Å²) in [7, 11) is 2.02. The number of rotatable bonds is 4. The fourth-order valence-electron chi connectivity index (χ4n) is 1.60. The van der Waals surface area contributed by atoms with Gasteiger partial charge in [0.2, 0.25) is 0 Å². The molecule has 5 heteroatoms. The van der Waals surface area contributed by atoms with Crippen LogP contribution in [0.5, 0.6) is 0 Å². The standard InChI is InChI=1S/C12H14ClN3S/c1-9(6-10-4-3-5-17-10)16(2)12-7-11(13)14-8-15-12/h3-5,7-9H,6H2,1-2H3. The summed E-state index contributed by atoms with van der Waals surface area (Å²) >= 11 is 7.64. The number of halogens is 1. The van der Waals surface area contributed by atoms with Crippen LogP contribution < -0.4 is 4.90 Å². The third kappa shape index (κ3) is 3.17. The summed E-state index contributed by atoms with van der Waals surface area (Å²) in [5, 5.41) is 2.58. The van der Waals surface area contributed by atoms with E-state index >= 15 is 0 Å². The molecule has 0 spiro atoms. The first-order chi connectivity index (χ1) is 8.16. The van der Waals surface area contributed by atoms with Gasteiger partial charge in [0.05, 0.1) is 0 Å². The zero-order valence-electron chi connectivity index (χ0n) is 9.80. The van der Waals surface area contributed by atoms with Gasteiger partial charge in [-0.25, -0.2) is 9.97 Å². The second-order valence-electron chi connectivity index (χ2n) is 3.94. The maximum atomic E-state index is 5.86. The molecule has 3 nitrogen and oxygen atoms in total. The lowest BCUT2D eigenvalue weighted by Gasteiger charge is -2.25. The average molecular weight is 268 g/mol. The van der Waals surface area contributed by atoms with E-state index in [0.717, 1.165) is 12.2 Å². The lowest BCUT2D eigenvalue weighted by molar-refractivity contribution is 0.679. The minimum Gasteiger partial charge on any atom is -0.356 e. The molecule has 2 aromatic rings. The highest BCUT2D eigenvalue weighted by Crippen LogP contribution is 2.19. The Morgan fingerprint density at radius 2 is 2.29 bits per heavy atom. The first kappa shape index (κ1) is 12.3. The second kappa shape index (κ2) is 5.47. The Hall–Kier alpha value is -1.13. The summed E-state index contributed by atoms with van der Waals surface area (Å²) in [5.74, 6) is 0.856. The van der Waals surface area contributed by atoms with Crippen LogP contribution in [0.1, 0.15) is 11.8 Å². The van der Waals surface area contributed by atoms with E-state index in [9.17, 15) is 0 Å². The molecule has 0 saturated carbocycles. The number of thiophene rings is 1. The van der Waals surface area contributed by atoms with Crippen molar-refractivity contribution < 1.29 is 0 Å². The van der Waals surface area contributed by atoms with Crippen molar-refractivity contribution in [2.45, 2.75) is 19.4 Å². The van der Waals surface area contributed by atoms with Gasteiger partial charge in [0, 0.05) is 30.5 Å². The third-order valence-corrected chi connectivity index (χ3v) is 3.82. The second-order valence-corrected chi connectivity index (χ2v) is 5.36. The van der Waals surface area contributed by atoms with Gasteiger partial charge in [0.15, 0.2) is 0 Å². The first-order valence-corrected chi connectivity index (χ1v) is 6.65. The van der Waals surface area contributed by atoms with Crippen molar-refractivity contribution >= 4 is 28.8 Å².